The Labute approximate surface area is 119 Å². The molecule has 1 fully saturated rings. The highest BCUT2D eigenvalue weighted by Crippen LogP contribution is 2.34. The van der Waals surface area contributed by atoms with Gasteiger partial charge in [0.05, 0.1) is 0 Å². The smallest absolute Gasteiger partial charge is 0.225 e. The zero-order valence-corrected chi connectivity index (χ0v) is 12.2. The lowest BCUT2D eigenvalue weighted by Gasteiger charge is -2.10. The van der Waals surface area contributed by atoms with E-state index in [0.717, 1.165) is 10.9 Å². The van der Waals surface area contributed by atoms with Crippen LogP contribution in [0.1, 0.15) is 39.0 Å². The van der Waals surface area contributed by atoms with Gasteiger partial charge in [-0.15, -0.1) is 11.8 Å². The number of carbonyl (C=O) groups is 1. The molecule has 1 aromatic carbocycles. The lowest BCUT2D eigenvalue weighted by atomic mass is 10.2. The lowest BCUT2D eigenvalue weighted by molar-refractivity contribution is -0.116. The Kier molecular flexibility index (Phi) is 5.28. The number of amides is 1. The van der Waals surface area contributed by atoms with Crippen molar-refractivity contribution in [3.8, 4) is 0 Å². The third-order valence-electron chi connectivity index (χ3n) is 3.25. The lowest BCUT2D eigenvalue weighted by Crippen LogP contribution is -2.23. The number of thioether (sulfide) groups is 1. The van der Waals surface area contributed by atoms with E-state index < -0.39 is 0 Å². The molecule has 3 N–H and O–H groups in total. The van der Waals surface area contributed by atoms with Gasteiger partial charge < -0.3 is 11.1 Å². The van der Waals surface area contributed by atoms with Gasteiger partial charge in [-0.25, -0.2) is 0 Å². The quantitative estimate of drug-likeness (QED) is 0.868. The number of nitrogens with one attached hydrogen (secondary N) is 1. The molecule has 1 aliphatic carbocycles. The molecular formula is C15H22N2OS. The summed E-state index contributed by atoms with van der Waals surface area (Å²) in [5.41, 5.74) is 6.45. The Morgan fingerprint density at radius 2 is 2.00 bits per heavy atom. The van der Waals surface area contributed by atoms with Crippen molar-refractivity contribution in [2.24, 2.45) is 5.73 Å². The molecule has 0 radical (unpaired) electrons. The van der Waals surface area contributed by atoms with Gasteiger partial charge in [0.1, 0.15) is 0 Å². The summed E-state index contributed by atoms with van der Waals surface area (Å²) < 4.78 is 0. The Hall–Kier alpha value is -1.00. The predicted octanol–water partition coefficient (Wildman–Crippen LogP) is 3.40. The zero-order valence-electron chi connectivity index (χ0n) is 11.4. The molecule has 1 amide bonds. The number of carbonyl (C=O) groups excluding carboxylic acids is 1. The summed E-state index contributed by atoms with van der Waals surface area (Å²) in [6, 6.07) is 8.01. The average molecular weight is 278 g/mol. The van der Waals surface area contributed by atoms with Crippen molar-refractivity contribution < 1.29 is 4.79 Å². The third-order valence-corrected chi connectivity index (χ3v) is 4.60. The molecule has 1 unspecified atom stereocenters. The molecule has 2 rings (SSSR count). The topological polar surface area (TPSA) is 55.1 Å². The summed E-state index contributed by atoms with van der Waals surface area (Å²) >= 11 is 1.96. The van der Waals surface area contributed by atoms with Crippen molar-refractivity contribution in [2.75, 3.05) is 5.32 Å². The predicted molar refractivity (Wildman–Crippen MR) is 81.5 cm³/mol. The third kappa shape index (κ3) is 4.88. The standard InChI is InChI=1S/C15H22N2OS/c1-11(16)10-15(18)17-12-6-8-14(9-7-12)19-13-4-2-3-5-13/h6-9,11,13H,2-5,10,16H2,1H3,(H,17,18). The van der Waals surface area contributed by atoms with E-state index in [-0.39, 0.29) is 11.9 Å². The molecule has 1 atom stereocenters. The van der Waals surface area contributed by atoms with Gasteiger partial charge in [-0.2, -0.15) is 0 Å². The second kappa shape index (κ2) is 6.96. The molecule has 0 aliphatic heterocycles. The van der Waals surface area contributed by atoms with Crippen molar-refractivity contribution in [1.82, 2.24) is 0 Å². The molecular weight excluding hydrogens is 256 g/mol. The number of rotatable bonds is 5. The highest BCUT2D eigenvalue weighted by Gasteiger charge is 2.15. The molecule has 0 aromatic heterocycles. The van der Waals surface area contributed by atoms with Gasteiger partial charge >= 0.3 is 0 Å². The van der Waals surface area contributed by atoms with E-state index in [0.29, 0.717) is 6.42 Å². The largest absolute Gasteiger partial charge is 0.327 e. The summed E-state index contributed by atoms with van der Waals surface area (Å²) in [6.07, 6.45) is 5.75. The summed E-state index contributed by atoms with van der Waals surface area (Å²) in [4.78, 5) is 12.9. The minimum Gasteiger partial charge on any atom is -0.327 e. The average Bonchev–Trinajstić information content (AvgIpc) is 2.83. The van der Waals surface area contributed by atoms with E-state index in [4.69, 9.17) is 5.73 Å². The van der Waals surface area contributed by atoms with Crippen LogP contribution in [0.25, 0.3) is 0 Å². The van der Waals surface area contributed by atoms with Crippen LogP contribution in [-0.2, 0) is 4.79 Å². The van der Waals surface area contributed by atoms with Crippen LogP contribution in [0, 0.1) is 0 Å². The second-order valence-corrected chi connectivity index (χ2v) is 6.65. The summed E-state index contributed by atoms with van der Waals surface area (Å²) in [6.45, 7) is 1.83. The van der Waals surface area contributed by atoms with Gasteiger partial charge in [0.25, 0.3) is 0 Å². The first kappa shape index (κ1) is 14.4. The Balaban J connectivity index is 1.85. The number of hydrogen-bond donors (Lipinski definition) is 2. The van der Waals surface area contributed by atoms with Crippen LogP contribution in [0.2, 0.25) is 0 Å². The minimum atomic E-state index is -0.0998. The van der Waals surface area contributed by atoms with Gasteiger partial charge in [0.2, 0.25) is 5.91 Å². The maximum atomic E-state index is 11.6. The molecule has 1 saturated carbocycles. The fourth-order valence-corrected chi connectivity index (χ4v) is 3.57. The molecule has 0 heterocycles. The monoisotopic (exact) mass is 278 g/mol. The molecule has 0 saturated heterocycles. The van der Waals surface area contributed by atoms with E-state index in [2.05, 4.69) is 17.4 Å². The molecule has 104 valence electrons. The van der Waals surface area contributed by atoms with E-state index in [9.17, 15) is 4.79 Å². The van der Waals surface area contributed by atoms with Crippen molar-refractivity contribution >= 4 is 23.4 Å². The Bertz CT molecular complexity index is 411. The summed E-state index contributed by atoms with van der Waals surface area (Å²) in [5, 5.41) is 3.64. The number of nitrogens with two attached hydrogens (primary N) is 1. The van der Waals surface area contributed by atoms with Crippen LogP contribution < -0.4 is 11.1 Å². The van der Waals surface area contributed by atoms with Crippen molar-refractivity contribution in [3.05, 3.63) is 24.3 Å². The molecule has 0 bridgehead atoms. The van der Waals surface area contributed by atoms with E-state index >= 15 is 0 Å². The normalized spacial score (nSPS) is 17.4. The molecule has 0 spiro atoms. The van der Waals surface area contributed by atoms with E-state index in [1.165, 1.54) is 30.6 Å². The minimum absolute atomic E-state index is 0.0220. The van der Waals surface area contributed by atoms with E-state index in [1.807, 2.05) is 30.8 Å². The van der Waals surface area contributed by atoms with Crippen molar-refractivity contribution in [1.29, 1.82) is 0 Å². The summed E-state index contributed by atoms with van der Waals surface area (Å²) in [7, 11) is 0. The highest BCUT2D eigenvalue weighted by atomic mass is 32.2. The number of anilines is 1. The Morgan fingerprint density at radius 3 is 2.58 bits per heavy atom. The second-order valence-electron chi connectivity index (χ2n) is 5.28. The maximum Gasteiger partial charge on any atom is 0.225 e. The maximum absolute atomic E-state index is 11.6. The van der Waals surface area contributed by atoms with Gasteiger partial charge in [-0.05, 0) is 44.0 Å². The molecule has 19 heavy (non-hydrogen) atoms. The zero-order chi connectivity index (χ0) is 13.7. The first-order valence-electron chi connectivity index (χ1n) is 6.95. The number of hydrogen-bond acceptors (Lipinski definition) is 3. The molecule has 1 aromatic rings. The van der Waals surface area contributed by atoms with Crippen LogP contribution in [0.5, 0.6) is 0 Å². The van der Waals surface area contributed by atoms with Crippen molar-refractivity contribution in [3.63, 3.8) is 0 Å². The van der Waals surface area contributed by atoms with Gasteiger partial charge in [0.15, 0.2) is 0 Å². The van der Waals surface area contributed by atoms with Gasteiger partial charge in [0, 0.05) is 28.3 Å². The molecule has 4 heteroatoms. The first-order valence-corrected chi connectivity index (χ1v) is 7.83. The number of benzene rings is 1. The van der Waals surface area contributed by atoms with Gasteiger partial charge in [-0.1, -0.05) is 12.8 Å². The van der Waals surface area contributed by atoms with Crippen LogP contribution in [0.15, 0.2) is 29.2 Å². The van der Waals surface area contributed by atoms with Crippen LogP contribution >= 0.6 is 11.8 Å². The van der Waals surface area contributed by atoms with Crippen LogP contribution in [-0.4, -0.2) is 17.2 Å². The van der Waals surface area contributed by atoms with E-state index in [1.54, 1.807) is 0 Å². The fraction of sp³-hybridized carbons (Fsp3) is 0.533. The van der Waals surface area contributed by atoms with Crippen LogP contribution in [0.3, 0.4) is 0 Å². The molecule has 3 nitrogen and oxygen atoms in total. The first-order chi connectivity index (χ1) is 9.13. The Morgan fingerprint density at radius 1 is 1.37 bits per heavy atom. The summed E-state index contributed by atoms with van der Waals surface area (Å²) in [5.74, 6) is -0.0220. The van der Waals surface area contributed by atoms with Gasteiger partial charge in [-0.3, -0.25) is 4.79 Å². The van der Waals surface area contributed by atoms with Crippen LogP contribution in [0.4, 0.5) is 5.69 Å². The fourth-order valence-electron chi connectivity index (χ4n) is 2.32. The highest BCUT2D eigenvalue weighted by molar-refractivity contribution is 8.00. The molecule has 1 aliphatic rings. The van der Waals surface area contributed by atoms with Crippen molar-refractivity contribution in [2.45, 2.75) is 55.2 Å². The SMILES string of the molecule is CC(N)CC(=O)Nc1ccc(SC2CCCC2)cc1.